The Labute approximate surface area is 158 Å². The van der Waals surface area contributed by atoms with Crippen LogP contribution in [0.15, 0.2) is 54.6 Å². The van der Waals surface area contributed by atoms with Crippen LogP contribution < -0.4 is 10.2 Å². The van der Waals surface area contributed by atoms with Gasteiger partial charge in [0.25, 0.3) is 5.91 Å². The van der Waals surface area contributed by atoms with E-state index in [-0.39, 0.29) is 11.8 Å². The highest BCUT2D eigenvalue weighted by atomic mass is 35.5. The fourth-order valence-corrected chi connectivity index (χ4v) is 3.12. The Bertz CT molecular complexity index is 741. The van der Waals surface area contributed by atoms with Gasteiger partial charge in [-0.1, -0.05) is 29.8 Å². The second kappa shape index (κ2) is 8.72. The molecule has 2 amide bonds. The van der Waals surface area contributed by atoms with E-state index in [0.29, 0.717) is 31.6 Å². The van der Waals surface area contributed by atoms with Crippen molar-refractivity contribution in [3.8, 4) is 0 Å². The highest BCUT2D eigenvalue weighted by molar-refractivity contribution is 6.30. The van der Waals surface area contributed by atoms with Gasteiger partial charge in [-0.15, -0.1) is 0 Å². The van der Waals surface area contributed by atoms with E-state index in [0.717, 1.165) is 23.8 Å². The number of carbonyl (C=O) groups excluding carboxylic acids is 2. The Morgan fingerprint density at radius 3 is 2.23 bits per heavy atom. The molecule has 0 atom stereocenters. The van der Waals surface area contributed by atoms with E-state index in [1.807, 2.05) is 47.4 Å². The standard InChI is InChI=1S/C20H22ClN3O2/c21-17-6-8-18(9-7-17)23-12-14-24(15-13-23)19(25)10-11-22-20(26)16-4-2-1-3-5-16/h1-9H,10-15H2,(H,22,26). The molecular formula is C20H22ClN3O2. The number of amides is 2. The maximum Gasteiger partial charge on any atom is 0.251 e. The molecule has 2 aromatic rings. The minimum absolute atomic E-state index is 0.0779. The normalized spacial score (nSPS) is 14.2. The quantitative estimate of drug-likeness (QED) is 0.879. The molecule has 0 radical (unpaired) electrons. The Kier molecular flexibility index (Phi) is 6.12. The first-order valence-corrected chi connectivity index (χ1v) is 9.13. The minimum Gasteiger partial charge on any atom is -0.368 e. The second-order valence-corrected chi connectivity index (χ2v) is 6.65. The molecule has 1 saturated heterocycles. The molecule has 0 saturated carbocycles. The number of nitrogens with one attached hydrogen (secondary N) is 1. The van der Waals surface area contributed by atoms with Crippen LogP contribution >= 0.6 is 11.6 Å². The molecule has 3 rings (SSSR count). The molecule has 1 aliphatic heterocycles. The average molecular weight is 372 g/mol. The van der Waals surface area contributed by atoms with Crippen LogP contribution in [0.3, 0.4) is 0 Å². The summed E-state index contributed by atoms with van der Waals surface area (Å²) in [6, 6.07) is 16.8. The first kappa shape index (κ1) is 18.3. The van der Waals surface area contributed by atoms with Crippen molar-refractivity contribution in [3.05, 3.63) is 65.2 Å². The molecule has 5 nitrogen and oxygen atoms in total. The summed E-state index contributed by atoms with van der Waals surface area (Å²) in [5, 5.41) is 3.52. The number of carbonyl (C=O) groups is 2. The molecule has 0 unspecified atom stereocenters. The summed E-state index contributed by atoms with van der Waals surface area (Å²) in [5.41, 5.74) is 1.73. The summed E-state index contributed by atoms with van der Waals surface area (Å²) in [4.78, 5) is 28.4. The molecule has 0 spiro atoms. The van der Waals surface area contributed by atoms with Gasteiger partial charge in [0, 0.05) is 55.4 Å². The Hall–Kier alpha value is -2.53. The molecule has 0 aliphatic carbocycles. The van der Waals surface area contributed by atoms with Crippen LogP contribution in [0.1, 0.15) is 16.8 Å². The van der Waals surface area contributed by atoms with Crippen molar-refractivity contribution in [3.63, 3.8) is 0 Å². The zero-order valence-electron chi connectivity index (χ0n) is 14.5. The van der Waals surface area contributed by atoms with Gasteiger partial charge in [-0.2, -0.15) is 0 Å². The third kappa shape index (κ3) is 4.76. The third-order valence-corrected chi connectivity index (χ3v) is 4.74. The van der Waals surface area contributed by atoms with Gasteiger partial charge in [0.2, 0.25) is 5.91 Å². The molecule has 0 bridgehead atoms. The molecule has 1 heterocycles. The summed E-state index contributed by atoms with van der Waals surface area (Å²) in [7, 11) is 0. The lowest BCUT2D eigenvalue weighted by atomic mass is 10.2. The Morgan fingerprint density at radius 1 is 0.923 bits per heavy atom. The van der Waals surface area contributed by atoms with Crippen LogP contribution in [0.5, 0.6) is 0 Å². The highest BCUT2D eigenvalue weighted by Gasteiger charge is 2.21. The molecule has 6 heteroatoms. The first-order chi connectivity index (χ1) is 12.6. The Morgan fingerprint density at radius 2 is 1.58 bits per heavy atom. The van der Waals surface area contributed by atoms with Gasteiger partial charge in [0.15, 0.2) is 0 Å². The summed E-state index contributed by atoms with van der Waals surface area (Å²) in [6.07, 6.45) is 0.319. The molecule has 0 aromatic heterocycles. The van der Waals surface area contributed by atoms with Crippen LogP contribution in [0.25, 0.3) is 0 Å². The molecule has 1 N–H and O–H groups in total. The van der Waals surface area contributed by atoms with Crippen molar-refractivity contribution in [2.75, 3.05) is 37.6 Å². The largest absolute Gasteiger partial charge is 0.368 e. The molecule has 1 fully saturated rings. The van der Waals surface area contributed by atoms with Crippen LogP contribution in [0.2, 0.25) is 5.02 Å². The smallest absolute Gasteiger partial charge is 0.251 e. The van der Waals surface area contributed by atoms with E-state index in [9.17, 15) is 9.59 Å². The predicted molar refractivity (Wildman–Crippen MR) is 104 cm³/mol. The molecule has 136 valence electrons. The number of rotatable bonds is 5. The first-order valence-electron chi connectivity index (χ1n) is 8.75. The van der Waals surface area contributed by atoms with E-state index in [1.54, 1.807) is 12.1 Å². The molecule has 1 aliphatic rings. The van der Waals surface area contributed by atoms with Gasteiger partial charge in [0.1, 0.15) is 0 Å². The van der Waals surface area contributed by atoms with Crippen molar-refractivity contribution < 1.29 is 9.59 Å². The number of nitrogens with zero attached hydrogens (tertiary/aromatic N) is 2. The van der Waals surface area contributed by atoms with Crippen LogP contribution in [-0.2, 0) is 4.79 Å². The maximum absolute atomic E-state index is 12.3. The van der Waals surface area contributed by atoms with E-state index >= 15 is 0 Å². The Balaban J connectivity index is 1.41. The minimum atomic E-state index is -0.147. The van der Waals surface area contributed by atoms with E-state index < -0.39 is 0 Å². The van der Waals surface area contributed by atoms with Crippen molar-refractivity contribution in [2.24, 2.45) is 0 Å². The van der Waals surface area contributed by atoms with Gasteiger partial charge in [-0.3, -0.25) is 9.59 Å². The van der Waals surface area contributed by atoms with Crippen LogP contribution in [0.4, 0.5) is 5.69 Å². The van der Waals surface area contributed by atoms with Crippen molar-refractivity contribution >= 4 is 29.1 Å². The number of hydrogen-bond donors (Lipinski definition) is 1. The average Bonchev–Trinajstić information content (AvgIpc) is 2.69. The summed E-state index contributed by atoms with van der Waals surface area (Å²) in [5.74, 6) is -0.0694. The third-order valence-electron chi connectivity index (χ3n) is 4.48. The number of piperazine rings is 1. The van der Waals surface area contributed by atoms with Crippen molar-refractivity contribution in [2.45, 2.75) is 6.42 Å². The van der Waals surface area contributed by atoms with Gasteiger partial charge in [-0.05, 0) is 36.4 Å². The van der Waals surface area contributed by atoms with E-state index in [1.165, 1.54) is 0 Å². The summed E-state index contributed by atoms with van der Waals surface area (Å²) >= 11 is 5.92. The fourth-order valence-electron chi connectivity index (χ4n) is 3.00. The molecular weight excluding hydrogens is 350 g/mol. The lowest BCUT2D eigenvalue weighted by molar-refractivity contribution is -0.131. The van der Waals surface area contributed by atoms with Crippen LogP contribution in [-0.4, -0.2) is 49.4 Å². The zero-order chi connectivity index (χ0) is 18.4. The SMILES string of the molecule is O=C(NCCC(=O)N1CCN(c2ccc(Cl)cc2)CC1)c1ccccc1. The summed E-state index contributed by atoms with van der Waals surface area (Å²) < 4.78 is 0. The monoisotopic (exact) mass is 371 g/mol. The lowest BCUT2D eigenvalue weighted by Crippen LogP contribution is -2.49. The van der Waals surface area contributed by atoms with Gasteiger partial charge < -0.3 is 15.1 Å². The van der Waals surface area contributed by atoms with Crippen molar-refractivity contribution in [1.82, 2.24) is 10.2 Å². The van der Waals surface area contributed by atoms with Crippen LogP contribution in [0, 0.1) is 0 Å². The van der Waals surface area contributed by atoms with Crippen molar-refractivity contribution in [1.29, 1.82) is 0 Å². The number of halogens is 1. The highest BCUT2D eigenvalue weighted by Crippen LogP contribution is 2.19. The van der Waals surface area contributed by atoms with E-state index in [4.69, 9.17) is 11.6 Å². The summed E-state index contributed by atoms with van der Waals surface area (Å²) in [6.45, 7) is 3.32. The predicted octanol–water partition coefficient (Wildman–Crippen LogP) is 2.81. The number of benzene rings is 2. The van der Waals surface area contributed by atoms with Gasteiger partial charge >= 0.3 is 0 Å². The maximum atomic E-state index is 12.3. The van der Waals surface area contributed by atoms with Gasteiger partial charge in [-0.25, -0.2) is 0 Å². The fraction of sp³-hybridized carbons (Fsp3) is 0.300. The topological polar surface area (TPSA) is 52.7 Å². The number of anilines is 1. The molecule has 26 heavy (non-hydrogen) atoms. The van der Waals surface area contributed by atoms with Gasteiger partial charge in [0.05, 0.1) is 0 Å². The molecule has 2 aromatic carbocycles. The lowest BCUT2D eigenvalue weighted by Gasteiger charge is -2.36. The number of hydrogen-bond acceptors (Lipinski definition) is 3. The van der Waals surface area contributed by atoms with E-state index in [2.05, 4.69) is 10.2 Å². The second-order valence-electron chi connectivity index (χ2n) is 6.22. The zero-order valence-corrected chi connectivity index (χ0v) is 15.3.